The number of benzene rings is 2. The molecule has 1 aliphatic rings. The highest BCUT2D eigenvalue weighted by Gasteiger charge is 2.23. The monoisotopic (exact) mass is 394 g/mol. The Hall–Kier alpha value is -3.22. The van der Waals surface area contributed by atoms with Crippen LogP contribution >= 0.6 is 0 Å². The fourth-order valence-corrected chi connectivity index (χ4v) is 3.87. The number of methoxy groups -OCH3 is 2. The molecule has 0 spiro atoms. The maximum Gasteiger partial charge on any atom is 0.321 e. The van der Waals surface area contributed by atoms with Gasteiger partial charge in [-0.3, -0.25) is 0 Å². The zero-order valence-electron chi connectivity index (χ0n) is 16.8. The van der Waals surface area contributed by atoms with Gasteiger partial charge >= 0.3 is 6.03 Å². The molecule has 1 fully saturated rings. The number of rotatable bonds is 5. The van der Waals surface area contributed by atoms with Crippen LogP contribution in [0.2, 0.25) is 0 Å². The first-order valence-electron chi connectivity index (χ1n) is 9.85. The van der Waals surface area contributed by atoms with Gasteiger partial charge < -0.3 is 24.3 Å². The van der Waals surface area contributed by atoms with Crippen LogP contribution in [0.3, 0.4) is 0 Å². The lowest BCUT2D eigenvalue weighted by Gasteiger charge is -2.32. The van der Waals surface area contributed by atoms with Crippen LogP contribution in [0.15, 0.2) is 48.8 Å². The number of urea groups is 1. The maximum atomic E-state index is 12.6. The molecular weight excluding hydrogens is 368 g/mol. The summed E-state index contributed by atoms with van der Waals surface area (Å²) in [6.07, 6.45) is 3.87. The van der Waals surface area contributed by atoms with E-state index in [1.165, 1.54) is 5.52 Å². The van der Waals surface area contributed by atoms with Crippen molar-refractivity contribution in [3.05, 3.63) is 48.8 Å². The molecule has 0 saturated carbocycles. The predicted octanol–water partition coefficient (Wildman–Crippen LogP) is 4.00. The van der Waals surface area contributed by atoms with E-state index in [2.05, 4.69) is 20.9 Å². The summed E-state index contributed by atoms with van der Waals surface area (Å²) in [5.74, 6) is 1.77. The number of aromatic nitrogens is 2. The molecule has 0 atom stereocenters. The molecule has 1 saturated heterocycles. The highest BCUT2D eigenvalue weighted by atomic mass is 16.5. The van der Waals surface area contributed by atoms with Gasteiger partial charge in [-0.2, -0.15) is 0 Å². The third-order valence-electron chi connectivity index (χ3n) is 5.52. The van der Waals surface area contributed by atoms with Gasteiger partial charge in [-0.25, -0.2) is 9.78 Å². The summed E-state index contributed by atoms with van der Waals surface area (Å²) in [6, 6.07) is 13.5. The molecule has 1 aromatic heterocycles. The molecule has 2 amide bonds. The fourth-order valence-electron chi connectivity index (χ4n) is 3.87. The van der Waals surface area contributed by atoms with Crippen LogP contribution < -0.4 is 14.8 Å². The second-order valence-corrected chi connectivity index (χ2v) is 7.32. The molecule has 7 nitrogen and oxygen atoms in total. The molecule has 0 aliphatic carbocycles. The number of imidazole rings is 1. The first-order valence-corrected chi connectivity index (χ1v) is 9.85. The van der Waals surface area contributed by atoms with Gasteiger partial charge in [-0.1, -0.05) is 12.1 Å². The lowest BCUT2D eigenvalue weighted by molar-refractivity contribution is 0.177. The van der Waals surface area contributed by atoms with Gasteiger partial charge in [0.25, 0.3) is 0 Å². The van der Waals surface area contributed by atoms with Gasteiger partial charge in [0.15, 0.2) is 11.5 Å². The smallest absolute Gasteiger partial charge is 0.321 e. The molecule has 0 bridgehead atoms. The SMILES string of the molecule is COc1ccc(NC(=O)N2CCC(Cn3cnc4ccccc43)CC2)cc1OC. The van der Waals surface area contributed by atoms with E-state index in [0.29, 0.717) is 23.1 Å². The number of likely N-dealkylation sites (tertiary alicyclic amines) is 1. The van der Waals surface area contributed by atoms with E-state index < -0.39 is 0 Å². The summed E-state index contributed by atoms with van der Waals surface area (Å²) in [7, 11) is 3.17. The summed E-state index contributed by atoms with van der Waals surface area (Å²) in [5, 5.41) is 2.96. The van der Waals surface area contributed by atoms with E-state index in [1.54, 1.807) is 26.4 Å². The Kier molecular flexibility index (Phi) is 5.55. The topological polar surface area (TPSA) is 68.6 Å². The van der Waals surface area contributed by atoms with E-state index in [-0.39, 0.29) is 6.03 Å². The maximum absolute atomic E-state index is 12.6. The number of hydrogen-bond donors (Lipinski definition) is 1. The van der Waals surface area contributed by atoms with Gasteiger partial charge in [-0.15, -0.1) is 0 Å². The number of ether oxygens (including phenoxy) is 2. The minimum absolute atomic E-state index is 0.0799. The largest absolute Gasteiger partial charge is 0.493 e. The van der Waals surface area contributed by atoms with Crippen LogP contribution in [0.25, 0.3) is 11.0 Å². The number of amides is 2. The summed E-state index contributed by atoms with van der Waals surface area (Å²) >= 11 is 0. The van der Waals surface area contributed by atoms with Crippen LogP contribution in [-0.2, 0) is 6.54 Å². The number of carbonyl (C=O) groups is 1. The Morgan fingerprint density at radius 1 is 1.10 bits per heavy atom. The zero-order chi connectivity index (χ0) is 20.2. The molecule has 1 aliphatic heterocycles. The van der Waals surface area contributed by atoms with Crippen molar-refractivity contribution < 1.29 is 14.3 Å². The lowest BCUT2D eigenvalue weighted by Crippen LogP contribution is -2.41. The number of fused-ring (bicyclic) bond motifs is 1. The average Bonchev–Trinajstić information content (AvgIpc) is 3.17. The van der Waals surface area contributed by atoms with Crippen LogP contribution in [0.4, 0.5) is 10.5 Å². The second-order valence-electron chi connectivity index (χ2n) is 7.32. The molecule has 1 N–H and O–H groups in total. The summed E-state index contributed by atoms with van der Waals surface area (Å²) in [6.45, 7) is 2.43. The van der Waals surface area contributed by atoms with Gasteiger partial charge in [0.05, 0.1) is 31.6 Å². The Balaban J connectivity index is 1.33. The number of nitrogens with zero attached hydrogens (tertiary/aromatic N) is 3. The minimum atomic E-state index is -0.0799. The molecule has 0 radical (unpaired) electrons. The molecule has 4 rings (SSSR count). The molecule has 0 unspecified atom stereocenters. The molecule has 7 heteroatoms. The number of anilines is 1. The van der Waals surface area contributed by atoms with Crippen molar-refractivity contribution >= 4 is 22.8 Å². The summed E-state index contributed by atoms with van der Waals surface area (Å²) in [5.41, 5.74) is 2.89. The number of nitrogens with one attached hydrogen (secondary N) is 1. The number of piperidine rings is 1. The number of hydrogen-bond acceptors (Lipinski definition) is 4. The predicted molar refractivity (Wildman–Crippen MR) is 113 cm³/mol. The molecular formula is C22H26N4O3. The van der Waals surface area contributed by atoms with E-state index >= 15 is 0 Å². The zero-order valence-corrected chi connectivity index (χ0v) is 16.8. The van der Waals surface area contributed by atoms with Crippen LogP contribution in [0.5, 0.6) is 11.5 Å². The first-order chi connectivity index (χ1) is 14.2. The minimum Gasteiger partial charge on any atom is -0.493 e. The van der Waals surface area contributed by atoms with E-state index in [0.717, 1.165) is 38.0 Å². The van der Waals surface area contributed by atoms with E-state index in [1.807, 2.05) is 35.5 Å². The van der Waals surface area contributed by atoms with Gasteiger partial charge in [-0.05, 0) is 43.0 Å². The first kappa shape index (κ1) is 19.1. The van der Waals surface area contributed by atoms with Crippen LogP contribution in [-0.4, -0.2) is 47.8 Å². The molecule has 152 valence electrons. The average molecular weight is 394 g/mol. The highest BCUT2D eigenvalue weighted by molar-refractivity contribution is 5.89. The van der Waals surface area contributed by atoms with Crippen molar-refractivity contribution in [2.24, 2.45) is 5.92 Å². The fraction of sp³-hybridized carbons (Fsp3) is 0.364. The van der Waals surface area contributed by atoms with Crippen LogP contribution in [0, 0.1) is 5.92 Å². The highest BCUT2D eigenvalue weighted by Crippen LogP contribution is 2.30. The number of carbonyl (C=O) groups excluding carboxylic acids is 1. The van der Waals surface area contributed by atoms with Crippen molar-refractivity contribution in [1.29, 1.82) is 0 Å². The van der Waals surface area contributed by atoms with Gasteiger partial charge in [0, 0.05) is 31.4 Å². The number of para-hydroxylation sites is 2. The van der Waals surface area contributed by atoms with Gasteiger partial charge in [0.1, 0.15) is 0 Å². The Morgan fingerprint density at radius 3 is 2.62 bits per heavy atom. The van der Waals surface area contributed by atoms with E-state index in [4.69, 9.17) is 9.47 Å². The third kappa shape index (κ3) is 4.13. The Morgan fingerprint density at radius 2 is 1.86 bits per heavy atom. The van der Waals surface area contributed by atoms with Crippen molar-refractivity contribution in [2.45, 2.75) is 19.4 Å². The normalized spacial score (nSPS) is 14.8. The van der Waals surface area contributed by atoms with Gasteiger partial charge in [0.2, 0.25) is 0 Å². The Labute approximate surface area is 170 Å². The van der Waals surface area contributed by atoms with Crippen molar-refractivity contribution in [1.82, 2.24) is 14.5 Å². The third-order valence-corrected chi connectivity index (χ3v) is 5.52. The van der Waals surface area contributed by atoms with Crippen LogP contribution in [0.1, 0.15) is 12.8 Å². The van der Waals surface area contributed by atoms with Crippen molar-refractivity contribution in [2.75, 3.05) is 32.6 Å². The van der Waals surface area contributed by atoms with Crippen molar-refractivity contribution in [3.63, 3.8) is 0 Å². The molecule has 29 heavy (non-hydrogen) atoms. The van der Waals surface area contributed by atoms with Crippen molar-refractivity contribution in [3.8, 4) is 11.5 Å². The Bertz CT molecular complexity index is 993. The summed E-state index contributed by atoms with van der Waals surface area (Å²) < 4.78 is 12.8. The lowest BCUT2D eigenvalue weighted by atomic mass is 9.97. The summed E-state index contributed by atoms with van der Waals surface area (Å²) in [4.78, 5) is 19.0. The standard InChI is InChI=1S/C22H26N4O3/c1-28-20-8-7-17(13-21(20)29-2)24-22(27)25-11-9-16(10-12-25)14-26-15-23-18-5-3-4-6-19(18)26/h3-8,13,15-16H,9-12,14H2,1-2H3,(H,24,27). The van der Waals surface area contributed by atoms with E-state index in [9.17, 15) is 4.79 Å². The molecule has 2 heterocycles. The molecule has 2 aromatic carbocycles. The quantitative estimate of drug-likeness (QED) is 0.710. The molecule has 3 aromatic rings. The second kappa shape index (κ2) is 8.43.